The van der Waals surface area contributed by atoms with Crippen LogP contribution < -0.4 is 9.47 Å². The van der Waals surface area contributed by atoms with Gasteiger partial charge in [-0.25, -0.2) is 0 Å². The van der Waals surface area contributed by atoms with Crippen LogP contribution in [0.15, 0.2) is 16.6 Å². The molecule has 0 radical (unpaired) electrons. The Balaban J connectivity index is 2.00. The first-order chi connectivity index (χ1) is 8.70. The summed E-state index contributed by atoms with van der Waals surface area (Å²) in [6.07, 6.45) is 0. The van der Waals surface area contributed by atoms with Gasteiger partial charge in [-0.05, 0) is 29.4 Å². The molecular weight excluding hydrogens is 316 g/mol. The summed E-state index contributed by atoms with van der Waals surface area (Å²) < 4.78 is 12.1. The Bertz CT molecular complexity index is 411. The Labute approximate surface area is 120 Å². The standard InChI is InChI=1S/C13H17BrO3S/c1-9(6-15)7-18-8-10-4-12-13(5-11(10)14)17-3-2-16-12/h4-5,9,15H,2-3,6-8H2,1H3. The molecule has 0 aliphatic carbocycles. The molecule has 1 N–H and O–H groups in total. The Morgan fingerprint density at radius 2 is 2.00 bits per heavy atom. The molecule has 0 amide bonds. The van der Waals surface area contributed by atoms with Crippen LogP contribution in [0.3, 0.4) is 0 Å². The van der Waals surface area contributed by atoms with Crippen molar-refractivity contribution in [2.75, 3.05) is 25.6 Å². The highest BCUT2D eigenvalue weighted by molar-refractivity contribution is 9.10. The minimum atomic E-state index is 0.245. The molecule has 1 aromatic carbocycles. The molecule has 0 spiro atoms. The van der Waals surface area contributed by atoms with Gasteiger partial charge in [-0.3, -0.25) is 0 Å². The summed E-state index contributed by atoms with van der Waals surface area (Å²) >= 11 is 5.38. The molecule has 5 heteroatoms. The highest BCUT2D eigenvalue weighted by Gasteiger charge is 2.14. The van der Waals surface area contributed by atoms with Crippen LogP contribution in [0.1, 0.15) is 12.5 Å². The lowest BCUT2D eigenvalue weighted by molar-refractivity contribution is 0.171. The largest absolute Gasteiger partial charge is 0.486 e. The fraction of sp³-hybridized carbons (Fsp3) is 0.538. The second-order valence-corrected chi connectivity index (χ2v) is 6.27. The maximum Gasteiger partial charge on any atom is 0.162 e. The fourth-order valence-corrected chi connectivity index (χ4v) is 3.37. The summed E-state index contributed by atoms with van der Waals surface area (Å²) in [7, 11) is 0. The highest BCUT2D eigenvalue weighted by Crippen LogP contribution is 2.36. The number of fused-ring (bicyclic) bond motifs is 1. The second kappa shape index (κ2) is 6.68. The van der Waals surface area contributed by atoms with Gasteiger partial charge in [-0.2, -0.15) is 11.8 Å². The van der Waals surface area contributed by atoms with Crippen LogP contribution in [0.5, 0.6) is 11.5 Å². The van der Waals surface area contributed by atoms with E-state index in [0.29, 0.717) is 19.1 Å². The zero-order valence-corrected chi connectivity index (χ0v) is 12.7. The summed E-state index contributed by atoms with van der Waals surface area (Å²) in [5.41, 5.74) is 1.20. The molecular formula is C13H17BrO3S. The Morgan fingerprint density at radius 1 is 1.33 bits per heavy atom. The van der Waals surface area contributed by atoms with Crippen molar-refractivity contribution in [1.29, 1.82) is 0 Å². The maximum atomic E-state index is 8.99. The molecule has 1 atom stereocenters. The SMILES string of the molecule is CC(CO)CSCc1cc2c(cc1Br)OCCO2. The molecule has 0 bridgehead atoms. The van der Waals surface area contributed by atoms with E-state index in [1.807, 2.05) is 30.8 Å². The summed E-state index contributed by atoms with van der Waals surface area (Å²) in [6, 6.07) is 4.01. The number of aliphatic hydroxyl groups excluding tert-OH is 1. The van der Waals surface area contributed by atoms with Gasteiger partial charge >= 0.3 is 0 Å². The van der Waals surface area contributed by atoms with Gasteiger partial charge in [-0.15, -0.1) is 0 Å². The topological polar surface area (TPSA) is 38.7 Å². The summed E-state index contributed by atoms with van der Waals surface area (Å²) in [4.78, 5) is 0. The number of aliphatic hydroxyl groups is 1. The quantitative estimate of drug-likeness (QED) is 0.899. The van der Waals surface area contributed by atoms with E-state index in [-0.39, 0.29) is 6.61 Å². The third-order valence-electron chi connectivity index (χ3n) is 2.68. The monoisotopic (exact) mass is 332 g/mol. The van der Waals surface area contributed by atoms with Crippen molar-refractivity contribution < 1.29 is 14.6 Å². The fourth-order valence-electron chi connectivity index (χ4n) is 1.64. The second-order valence-electron chi connectivity index (χ2n) is 4.39. The van der Waals surface area contributed by atoms with E-state index >= 15 is 0 Å². The average Bonchev–Trinajstić information content (AvgIpc) is 2.39. The van der Waals surface area contributed by atoms with E-state index in [2.05, 4.69) is 15.9 Å². The summed E-state index contributed by atoms with van der Waals surface area (Å²) in [5.74, 6) is 3.84. The molecule has 0 aromatic heterocycles. The van der Waals surface area contributed by atoms with Crippen molar-refractivity contribution in [2.45, 2.75) is 12.7 Å². The van der Waals surface area contributed by atoms with Crippen LogP contribution >= 0.6 is 27.7 Å². The predicted molar refractivity (Wildman–Crippen MR) is 77.5 cm³/mol. The maximum absolute atomic E-state index is 8.99. The van der Waals surface area contributed by atoms with Gasteiger partial charge in [0.2, 0.25) is 0 Å². The lowest BCUT2D eigenvalue weighted by Crippen LogP contribution is -2.15. The Morgan fingerprint density at radius 3 is 2.67 bits per heavy atom. The minimum absolute atomic E-state index is 0.245. The molecule has 1 aliphatic heterocycles. The molecule has 1 unspecified atom stereocenters. The van der Waals surface area contributed by atoms with E-state index in [1.165, 1.54) is 5.56 Å². The van der Waals surface area contributed by atoms with Crippen LogP contribution in [0.25, 0.3) is 0 Å². The van der Waals surface area contributed by atoms with E-state index in [0.717, 1.165) is 27.5 Å². The van der Waals surface area contributed by atoms with Crippen molar-refractivity contribution in [3.05, 3.63) is 22.2 Å². The number of hydrogen-bond donors (Lipinski definition) is 1. The molecule has 0 saturated heterocycles. The smallest absolute Gasteiger partial charge is 0.162 e. The Kier molecular flexibility index (Phi) is 5.21. The van der Waals surface area contributed by atoms with Crippen molar-refractivity contribution >= 4 is 27.7 Å². The van der Waals surface area contributed by atoms with E-state index in [4.69, 9.17) is 14.6 Å². The number of hydrogen-bond acceptors (Lipinski definition) is 4. The van der Waals surface area contributed by atoms with Crippen molar-refractivity contribution in [3.8, 4) is 11.5 Å². The molecule has 0 saturated carbocycles. The zero-order chi connectivity index (χ0) is 13.0. The van der Waals surface area contributed by atoms with E-state index in [9.17, 15) is 0 Å². The van der Waals surface area contributed by atoms with Gasteiger partial charge in [0.05, 0.1) is 0 Å². The molecule has 18 heavy (non-hydrogen) atoms. The number of ether oxygens (including phenoxy) is 2. The lowest BCUT2D eigenvalue weighted by Gasteiger charge is -2.20. The minimum Gasteiger partial charge on any atom is -0.486 e. The molecule has 100 valence electrons. The first kappa shape index (κ1) is 14.0. The van der Waals surface area contributed by atoms with Gasteiger partial charge in [0.25, 0.3) is 0 Å². The first-order valence-corrected chi connectivity index (χ1v) is 7.92. The van der Waals surface area contributed by atoms with Gasteiger partial charge < -0.3 is 14.6 Å². The van der Waals surface area contributed by atoms with Gasteiger partial charge in [0, 0.05) is 16.8 Å². The van der Waals surface area contributed by atoms with E-state index < -0.39 is 0 Å². The molecule has 1 heterocycles. The van der Waals surface area contributed by atoms with Crippen molar-refractivity contribution in [1.82, 2.24) is 0 Å². The third-order valence-corrected chi connectivity index (χ3v) is 4.74. The van der Waals surface area contributed by atoms with Crippen LogP contribution in [0.4, 0.5) is 0 Å². The molecule has 3 nitrogen and oxygen atoms in total. The zero-order valence-electron chi connectivity index (χ0n) is 10.3. The number of benzene rings is 1. The van der Waals surface area contributed by atoms with Gasteiger partial charge in [0.1, 0.15) is 13.2 Å². The lowest BCUT2D eigenvalue weighted by atomic mass is 10.2. The first-order valence-electron chi connectivity index (χ1n) is 5.97. The predicted octanol–water partition coefficient (Wildman–Crippen LogP) is 3.08. The summed E-state index contributed by atoms with van der Waals surface area (Å²) in [6.45, 7) is 3.52. The molecule has 2 rings (SSSR count). The van der Waals surface area contributed by atoms with Gasteiger partial charge in [-0.1, -0.05) is 22.9 Å². The highest BCUT2D eigenvalue weighted by atomic mass is 79.9. The van der Waals surface area contributed by atoms with Crippen molar-refractivity contribution in [3.63, 3.8) is 0 Å². The number of halogens is 1. The Hall–Kier alpha value is -0.390. The number of rotatable bonds is 5. The van der Waals surface area contributed by atoms with E-state index in [1.54, 1.807) is 0 Å². The molecule has 1 aliphatic rings. The number of thioether (sulfide) groups is 1. The average molecular weight is 333 g/mol. The van der Waals surface area contributed by atoms with Gasteiger partial charge in [0.15, 0.2) is 11.5 Å². The van der Waals surface area contributed by atoms with Crippen LogP contribution in [-0.4, -0.2) is 30.7 Å². The van der Waals surface area contributed by atoms with Crippen LogP contribution in [0.2, 0.25) is 0 Å². The van der Waals surface area contributed by atoms with Crippen molar-refractivity contribution in [2.24, 2.45) is 5.92 Å². The van der Waals surface area contributed by atoms with Crippen LogP contribution in [-0.2, 0) is 5.75 Å². The molecule has 1 aromatic rings. The third kappa shape index (κ3) is 3.56. The normalized spacial score (nSPS) is 15.5. The molecule has 0 fully saturated rings. The van der Waals surface area contributed by atoms with Crippen LogP contribution in [0, 0.1) is 5.92 Å². The summed E-state index contributed by atoms with van der Waals surface area (Å²) in [5, 5.41) is 8.99.